The van der Waals surface area contributed by atoms with Crippen molar-refractivity contribution in [3.8, 4) is 5.75 Å². The van der Waals surface area contributed by atoms with Crippen LogP contribution in [0, 0.1) is 0 Å². The molecule has 2 nitrogen and oxygen atoms in total. The molecule has 0 saturated heterocycles. The Morgan fingerprint density at radius 2 is 2.00 bits per heavy atom. The van der Waals surface area contributed by atoms with Crippen LogP contribution >= 0.6 is 35.8 Å². The molecular formula is C10H13Cl2NOS. The topological polar surface area (TPSA) is 12.5 Å². The van der Waals surface area contributed by atoms with Gasteiger partial charge in [-0.1, -0.05) is 23.2 Å². The first-order chi connectivity index (χ1) is 7.11. The van der Waals surface area contributed by atoms with Crippen molar-refractivity contribution in [2.45, 2.75) is 0 Å². The Bertz CT molecular complexity index is 346. The maximum atomic E-state index is 6.13. The van der Waals surface area contributed by atoms with Gasteiger partial charge >= 0.3 is 0 Å². The van der Waals surface area contributed by atoms with Gasteiger partial charge in [0.1, 0.15) is 10.8 Å². The maximum Gasteiger partial charge on any atom is 0.139 e. The third kappa shape index (κ3) is 2.86. The van der Waals surface area contributed by atoms with Gasteiger partial charge in [-0.15, -0.1) is 0 Å². The van der Waals surface area contributed by atoms with Gasteiger partial charge in [0.05, 0.1) is 17.8 Å². The molecule has 5 heteroatoms. The van der Waals surface area contributed by atoms with Crippen LogP contribution in [0.2, 0.25) is 10.0 Å². The average Bonchev–Trinajstić information content (AvgIpc) is 2.22. The molecule has 0 aliphatic carbocycles. The van der Waals surface area contributed by atoms with E-state index in [2.05, 4.69) is 12.6 Å². The van der Waals surface area contributed by atoms with Crippen molar-refractivity contribution in [3.05, 3.63) is 22.2 Å². The predicted octanol–water partition coefficient (Wildman–Crippen LogP) is 3.37. The van der Waals surface area contributed by atoms with E-state index in [1.807, 2.05) is 18.0 Å². The van der Waals surface area contributed by atoms with Crippen LogP contribution in [0.25, 0.3) is 0 Å². The summed E-state index contributed by atoms with van der Waals surface area (Å²) in [6, 6.07) is 3.69. The van der Waals surface area contributed by atoms with Gasteiger partial charge in [0.25, 0.3) is 0 Å². The molecule has 0 radical (unpaired) electrons. The number of halogens is 2. The highest BCUT2D eigenvalue weighted by Gasteiger charge is 2.12. The van der Waals surface area contributed by atoms with Crippen LogP contribution in [-0.2, 0) is 0 Å². The number of anilines is 1. The van der Waals surface area contributed by atoms with E-state index in [-0.39, 0.29) is 0 Å². The number of benzene rings is 1. The second-order valence-electron chi connectivity index (χ2n) is 3.06. The molecule has 0 bridgehead atoms. The number of hydrogen-bond donors (Lipinski definition) is 1. The summed E-state index contributed by atoms with van der Waals surface area (Å²) in [7, 11) is 3.51. The largest absolute Gasteiger partial charge is 0.495 e. The van der Waals surface area contributed by atoms with Crippen LogP contribution in [0.1, 0.15) is 0 Å². The monoisotopic (exact) mass is 265 g/mol. The molecule has 1 aromatic carbocycles. The minimum absolute atomic E-state index is 0.447. The number of nitrogens with zero attached hydrogens (tertiary/aromatic N) is 1. The molecule has 0 atom stereocenters. The highest BCUT2D eigenvalue weighted by molar-refractivity contribution is 7.80. The van der Waals surface area contributed by atoms with Crippen LogP contribution in [-0.4, -0.2) is 26.5 Å². The van der Waals surface area contributed by atoms with Crippen LogP contribution in [0.15, 0.2) is 12.1 Å². The molecule has 84 valence electrons. The zero-order valence-electron chi connectivity index (χ0n) is 8.63. The zero-order chi connectivity index (χ0) is 11.4. The molecule has 0 spiro atoms. The van der Waals surface area contributed by atoms with Crippen molar-refractivity contribution >= 4 is 41.5 Å². The highest BCUT2D eigenvalue weighted by Crippen LogP contribution is 2.38. The first kappa shape index (κ1) is 12.8. The van der Waals surface area contributed by atoms with Gasteiger partial charge in [-0.3, -0.25) is 0 Å². The van der Waals surface area contributed by atoms with Gasteiger partial charge in [0, 0.05) is 19.3 Å². The third-order valence-corrected chi connectivity index (χ3v) is 3.15. The van der Waals surface area contributed by atoms with Crippen molar-refractivity contribution in [2.24, 2.45) is 0 Å². The Labute approximate surface area is 106 Å². The Morgan fingerprint density at radius 1 is 1.33 bits per heavy atom. The van der Waals surface area contributed by atoms with Crippen molar-refractivity contribution in [2.75, 3.05) is 31.4 Å². The minimum Gasteiger partial charge on any atom is -0.495 e. The van der Waals surface area contributed by atoms with E-state index in [1.165, 1.54) is 0 Å². The second-order valence-corrected chi connectivity index (χ2v) is 4.26. The molecule has 0 heterocycles. The molecule has 1 aromatic rings. The number of thiol groups is 1. The van der Waals surface area contributed by atoms with Crippen LogP contribution in [0.5, 0.6) is 5.75 Å². The first-order valence-electron chi connectivity index (χ1n) is 4.45. The summed E-state index contributed by atoms with van der Waals surface area (Å²) in [6.45, 7) is 0.811. The van der Waals surface area contributed by atoms with Crippen LogP contribution in [0.3, 0.4) is 0 Å². The lowest BCUT2D eigenvalue weighted by Crippen LogP contribution is -2.19. The van der Waals surface area contributed by atoms with Gasteiger partial charge in [0.15, 0.2) is 0 Å². The third-order valence-electron chi connectivity index (χ3n) is 2.09. The fraction of sp³-hybridized carbons (Fsp3) is 0.400. The Morgan fingerprint density at radius 3 is 2.53 bits per heavy atom. The van der Waals surface area contributed by atoms with E-state index >= 15 is 0 Å². The maximum absolute atomic E-state index is 6.13. The van der Waals surface area contributed by atoms with Gasteiger partial charge in [0.2, 0.25) is 0 Å². The Balaban J connectivity index is 3.06. The number of hydrogen-bond acceptors (Lipinski definition) is 3. The summed E-state index contributed by atoms with van der Waals surface area (Å²) < 4.78 is 5.07. The molecule has 1 rings (SSSR count). The molecule has 0 aromatic heterocycles. The summed E-state index contributed by atoms with van der Waals surface area (Å²) in [5.41, 5.74) is 0.886. The predicted molar refractivity (Wildman–Crippen MR) is 70.1 cm³/mol. The quantitative estimate of drug-likeness (QED) is 0.839. The molecule has 0 aliphatic heterocycles. The molecule has 0 N–H and O–H groups in total. The first-order valence-corrected chi connectivity index (χ1v) is 5.84. The summed E-state index contributed by atoms with van der Waals surface area (Å²) >= 11 is 16.3. The summed E-state index contributed by atoms with van der Waals surface area (Å²) in [5, 5.41) is 0.961. The summed E-state index contributed by atoms with van der Waals surface area (Å²) in [5.74, 6) is 1.35. The minimum atomic E-state index is 0.447. The standard InChI is InChI=1S/C10H13Cl2NOS/c1-13(5-6-15)7-3-4-8(14-2)10(12)9(7)11/h3-4,15H,5-6H2,1-2H3. The Kier molecular flexibility index (Phi) is 4.90. The normalized spacial score (nSPS) is 10.2. The molecule has 0 unspecified atom stereocenters. The lowest BCUT2D eigenvalue weighted by molar-refractivity contribution is 0.415. The highest BCUT2D eigenvalue weighted by atomic mass is 35.5. The number of rotatable bonds is 4. The van der Waals surface area contributed by atoms with E-state index in [4.69, 9.17) is 27.9 Å². The lowest BCUT2D eigenvalue weighted by atomic mass is 10.2. The second kappa shape index (κ2) is 5.73. The average molecular weight is 266 g/mol. The van der Waals surface area contributed by atoms with E-state index < -0.39 is 0 Å². The van der Waals surface area contributed by atoms with Crippen molar-refractivity contribution < 1.29 is 4.74 Å². The lowest BCUT2D eigenvalue weighted by Gasteiger charge is -2.20. The SMILES string of the molecule is COc1ccc(N(C)CCS)c(Cl)c1Cl. The smallest absolute Gasteiger partial charge is 0.139 e. The van der Waals surface area contributed by atoms with Crippen molar-refractivity contribution in [3.63, 3.8) is 0 Å². The fourth-order valence-corrected chi connectivity index (χ4v) is 2.08. The van der Waals surface area contributed by atoms with E-state index in [0.29, 0.717) is 15.8 Å². The van der Waals surface area contributed by atoms with Crippen molar-refractivity contribution in [1.82, 2.24) is 0 Å². The van der Waals surface area contributed by atoms with Gasteiger partial charge in [-0.05, 0) is 12.1 Å². The van der Waals surface area contributed by atoms with E-state index in [0.717, 1.165) is 18.0 Å². The molecule has 15 heavy (non-hydrogen) atoms. The fourth-order valence-electron chi connectivity index (χ4n) is 1.24. The van der Waals surface area contributed by atoms with E-state index in [1.54, 1.807) is 13.2 Å². The molecule has 0 fully saturated rings. The van der Waals surface area contributed by atoms with Crippen LogP contribution < -0.4 is 9.64 Å². The van der Waals surface area contributed by atoms with Gasteiger partial charge in [-0.25, -0.2) is 0 Å². The Hall–Kier alpha value is -0.250. The zero-order valence-corrected chi connectivity index (χ0v) is 11.0. The number of methoxy groups -OCH3 is 1. The summed E-state index contributed by atoms with van der Waals surface area (Å²) in [4.78, 5) is 2.00. The molecule has 0 saturated carbocycles. The van der Waals surface area contributed by atoms with Crippen molar-refractivity contribution in [1.29, 1.82) is 0 Å². The molecule has 0 amide bonds. The van der Waals surface area contributed by atoms with E-state index in [9.17, 15) is 0 Å². The number of ether oxygens (including phenoxy) is 1. The van der Waals surface area contributed by atoms with Gasteiger partial charge in [-0.2, -0.15) is 12.6 Å². The van der Waals surface area contributed by atoms with Gasteiger partial charge < -0.3 is 9.64 Å². The van der Waals surface area contributed by atoms with Crippen LogP contribution in [0.4, 0.5) is 5.69 Å². The summed E-state index contributed by atoms with van der Waals surface area (Å²) in [6.07, 6.45) is 0. The molecule has 0 aliphatic rings. The molecular weight excluding hydrogens is 253 g/mol.